The summed E-state index contributed by atoms with van der Waals surface area (Å²) in [6.45, 7) is 1.86. The smallest absolute Gasteiger partial charge is 0.265 e. The number of benzene rings is 3. The summed E-state index contributed by atoms with van der Waals surface area (Å²) >= 11 is 1.57. The lowest BCUT2D eigenvalue weighted by Gasteiger charge is -2.29. The van der Waals surface area contributed by atoms with Crippen LogP contribution in [-0.4, -0.2) is 29.8 Å². The Labute approximate surface area is 189 Å². The number of carbonyl (C=O) groups is 2. The number of Topliss-reactive ketones (excluding diaryl/α,β-unsaturated/α-hetero) is 1. The van der Waals surface area contributed by atoms with Crippen LogP contribution in [0.5, 0.6) is 5.75 Å². The summed E-state index contributed by atoms with van der Waals surface area (Å²) in [7, 11) is 0. The minimum atomic E-state index is -0.238. The van der Waals surface area contributed by atoms with E-state index >= 15 is 0 Å². The van der Waals surface area contributed by atoms with Gasteiger partial charge >= 0.3 is 0 Å². The van der Waals surface area contributed by atoms with Crippen molar-refractivity contribution in [2.45, 2.75) is 6.92 Å². The van der Waals surface area contributed by atoms with Crippen LogP contribution in [0.4, 0.5) is 5.69 Å². The molecule has 1 aliphatic rings. The molecule has 5 rings (SSSR count). The van der Waals surface area contributed by atoms with E-state index in [2.05, 4.69) is 0 Å². The molecule has 1 amide bonds. The molecule has 0 aliphatic carbocycles. The largest absolute Gasteiger partial charge is 0.482 e. The molecule has 32 heavy (non-hydrogen) atoms. The lowest BCUT2D eigenvalue weighted by molar-refractivity contribution is -0.121. The highest BCUT2D eigenvalue weighted by Gasteiger charge is 2.28. The van der Waals surface area contributed by atoms with E-state index in [0.717, 1.165) is 27.4 Å². The average Bonchev–Trinajstić information content (AvgIpc) is 3.32. The summed E-state index contributed by atoms with van der Waals surface area (Å²) < 4.78 is 5.61. The van der Waals surface area contributed by atoms with Crippen molar-refractivity contribution >= 4 is 28.7 Å². The molecule has 1 aliphatic heterocycles. The van der Waals surface area contributed by atoms with Gasteiger partial charge in [-0.25, -0.2) is 4.98 Å². The Kier molecular flexibility index (Phi) is 5.29. The fourth-order valence-electron chi connectivity index (χ4n) is 3.63. The van der Waals surface area contributed by atoms with Crippen LogP contribution in [0.2, 0.25) is 0 Å². The second kappa shape index (κ2) is 8.40. The Morgan fingerprint density at radius 1 is 1.03 bits per heavy atom. The highest BCUT2D eigenvalue weighted by Crippen LogP contribution is 2.37. The zero-order valence-electron chi connectivity index (χ0n) is 17.4. The number of hydrogen-bond donors (Lipinski definition) is 0. The molecular weight excluding hydrogens is 420 g/mol. The molecular formula is C26H20N2O3S. The maximum absolute atomic E-state index is 12.8. The minimum Gasteiger partial charge on any atom is -0.482 e. The number of thiazole rings is 1. The molecule has 0 bridgehead atoms. The van der Waals surface area contributed by atoms with Crippen LogP contribution < -0.4 is 9.64 Å². The fourth-order valence-corrected chi connectivity index (χ4v) is 4.46. The van der Waals surface area contributed by atoms with Crippen molar-refractivity contribution in [3.8, 4) is 27.6 Å². The number of carbonyl (C=O) groups excluding carboxylic acids is 2. The fraction of sp³-hybridized carbons (Fsp3) is 0.115. The molecule has 0 N–H and O–H groups in total. The number of ether oxygens (including phenoxy) is 1. The summed E-state index contributed by atoms with van der Waals surface area (Å²) in [5.74, 6) is 0.235. The topological polar surface area (TPSA) is 59.5 Å². The molecule has 0 unspecified atom stereocenters. The molecule has 3 aromatic carbocycles. The highest BCUT2D eigenvalue weighted by molar-refractivity contribution is 7.13. The molecule has 0 radical (unpaired) electrons. The van der Waals surface area contributed by atoms with Crippen molar-refractivity contribution in [2.75, 3.05) is 18.1 Å². The lowest BCUT2D eigenvalue weighted by atomic mass is 10.1. The van der Waals surface area contributed by atoms with Crippen LogP contribution in [0.15, 0.2) is 78.2 Å². The summed E-state index contributed by atoms with van der Waals surface area (Å²) in [5.41, 5.74) is 5.00. The van der Waals surface area contributed by atoms with Gasteiger partial charge in [0, 0.05) is 22.1 Å². The monoisotopic (exact) mass is 440 g/mol. The molecule has 4 aromatic rings. The van der Waals surface area contributed by atoms with E-state index in [1.165, 1.54) is 4.90 Å². The number of fused-ring (bicyclic) bond motifs is 1. The Hall–Kier alpha value is -3.77. The molecule has 0 saturated carbocycles. The van der Waals surface area contributed by atoms with Gasteiger partial charge in [0.2, 0.25) is 0 Å². The van der Waals surface area contributed by atoms with E-state index in [4.69, 9.17) is 9.72 Å². The van der Waals surface area contributed by atoms with E-state index in [1.54, 1.807) is 23.5 Å². The molecule has 0 spiro atoms. The van der Waals surface area contributed by atoms with Gasteiger partial charge in [-0.1, -0.05) is 60.2 Å². The third-order valence-electron chi connectivity index (χ3n) is 5.40. The maximum atomic E-state index is 12.8. The number of rotatable bonds is 5. The summed E-state index contributed by atoms with van der Waals surface area (Å²) in [6.07, 6.45) is 0. The zero-order valence-corrected chi connectivity index (χ0v) is 18.3. The van der Waals surface area contributed by atoms with E-state index < -0.39 is 0 Å². The van der Waals surface area contributed by atoms with Crippen LogP contribution in [0, 0.1) is 6.92 Å². The molecule has 0 fully saturated rings. The molecule has 5 nitrogen and oxygen atoms in total. The number of anilines is 1. The molecule has 1 aromatic heterocycles. The van der Waals surface area contributed by atoms with Gasteiger partial charge in [0.15, 0.2) is 12.4 Å². The average molecular weight is 441 g/mol. The van der Waals surface area contributed by atoms with Crippen LogP contribution >= 0.6 is 11.3 Å². The van der Waals surface area contributed by atoms with Crippen LogP contribution in [0.25, 0.3) is 21.8 Å². The third-order valence-corrected chi connectivity index (χ3v) is 6.29. The Morgan fingerprint density at radius 3 is 2.59 bits per heavy atom. The standard InChI is InChI=1S/C26H20N2O3S/c1-17-7-9-18(10-8-17)23(29)14-28-22-13-20(11-12-24(22)31-15-25(28)30)21-16-32-26(27-21)19-5-3-2-4-6-19/h2-13,16H,14-15H2,1H3. The van der Waals surface area contributed by atoms with E-state index in [9.17, 15) is 9.59 Å². The normalized spacial score (nSPS) is 12.9. The van der Waals surface area contributed by atoms with E-state index in [-0.39, 0.29) is 24.8 Å². The van der Waals surface area contributed by atoms with Crippen molar-refractivity contribution < 1.29 is 14.3 Å². The molecule has 0 saturated heterocycles. The number of hydrogen-bond acceptors (Lipinski definition) is 5. The Bertz CT molecular complexity index is 1300. The van der Waals surface area contributed by atoms with Crippen LogP contribution in [0.3, 0.4) is 0 Å². The molecule has 158 valence electrons. The predicted molar refractivity (Wildman–Crippen MR) is 126 cm³/mol. The first-order valence-electron chi connectivity index (χ1n) is 10.3. The Morgan fingerprint density at radius 2 is 1.81 bits per heavy atom. The quantitative estimate of drug-likeness (QED) is 0.390. The van der Waals surface area contributed by atoms with Crippen molar-refractivity contribution in [2.24, 2.45) is 0 Å². The lowest BCUT2D eigenvalue weighted by Crippen LogP contribution is -2.42. The Balaban J connectivity index is 1.45. The van der Waals surface area contributed by atoms with Crippen molar-refractivity contribution in [3.05, 3.63) is 89.3 Å². The SMILES string of the molecule is Cc1ccc(C(=O)CN2C(=O)COc3ccc(-c4csc(-c5ccccc5)n4)cc32)cc1. The summed E-state index contributed by atoms with van der Waals surface area (Å²) in [4.78, 5) is 31.8. The highest BCUT2D eigenvalue weighted by atomic mass is 32.1. The summed E-state index contributed by atoms with van der Waals surface area (Å²) in [5, 5.41) is 2.93. The van der Waals surface area contributed by atoms with Gasteiger partial charge in [-0.15, -0.1) is 11.3 Å². The number of nitrogens with zero attached hydrogens (tertiary/aromatic N) is 2. The van der Waals surface area contributed by atoms with Gasteiger partial charge in [-0.2, -0.15) is 0 Å². The first kappa shape index (κ1) is 20.2. The minimum absolute atomic E-state index is 0.0337. The molecule has 0 atom stereocenters. The second-order valence-electron chi connectivity index (χ2n) is 7.64. The van der Waals surface area contributed by atoms with Gasteiger partial charge in [0.25, 0.3) is 5.91 Å². The van der Waals surface area contributed by atoms with Gasteiger partial charge in [-0.05, 0) is 25.1 Å². The first-order valence-corrected chi connectivity index (χ1v) is 11.1. The van der Waals surface area contributed by atoms with Gasteiger partial charge < -0.3 is 4.74 Å². The van der Waals surface area contributed by atoms with E-state index in [1.807, 2.05) is 73.0 Å². The molecule has 2 heterocycles. The number of aromatic nitrogens is 1. The zero-order chi connectivity index (χ0) is 22.1. The van der Waals surface area contributed by atoms with Crippen molar-refractivity contribution in [3.63, 3.8) is 0 Å². The number of ketones is 1. The van der Waals surface area contributed by atoms with Crippen LogP contribution in [-0.2, 0) is 4.79 Å². The van der Waals surface area contributed by atoms with Gasteiger partial charge in [0.1, 0.15) is 10.8 Å². The second-order valence-corrected chi connectivity index (χ2v) is 8.50. The maximum Gasteiger partial charge on any atom is 0.265 e. The van der Waals surface area contributed by atoms with E-state index in [0.29, 0.717) is 17.0 Å². The summed E-state index contributed by atoms with van der Waals surface area (Å²) in [6, 6.07) is 23.0. The number of aryl methyl sites for hydroxylation is 1. The third kappa shape index (κ3) is 3.92. The van der Waals surface area contributed by atoms with Crippen molar-refractivity contribution in [1.29, 1.82) is 0 Å². The van der Waals surface area contributed by atoms with Crippen molar-refractivity contribution in [1.82, 2.24) is 4.98 Å². The van der Waals surface area contributed by atoms with Gasteiger partial charge in [-0.3, -0.25) is 14.5 Å². The predicted octanol–water partition coefficient (Wildman–Crippen LogP) is 5.39. The van der Waals surface area contributed by atoms with Crippen LogP contribution in [0.1, 0.15) is 15.9 Å². The van der Waals surface area contributed by atoms with Gasteiger partial charge in [0.05, 0.1) is 17.9 Å². The molecule has 6 heteroatoms. The first-order chi connectivity index (χ1) is 15.6. The number of amides is 1.